The lowest BCUT2D eigenvalue weighted by Gasteiger charge is -2.27. The largest absolute Gasteiger partial charge is 0.383 e. The van der Waals surface area contributed by atoms with Crippen LogP contribution in [0.15, 0.2) is 0 Å². The van der Waals surface area contributed by atoms with Crippen molar-refractivity contribution >= 4 is 5.91 Å². The molecule has 1 heterocycles. The van der Waals surface area contributed by atoms with Gasteiger partial charge in [-0.05, 0) is 25.3 Å². The summed E-state index contributed by atoms with van der Waals surface area (Å²) in [6.45, 7) is 6.63. The van der Waals surface area contributed by atoms with E-state index in [4.69, 9.17) is 4.74 Å². The van der Waals surface area contributed by atoms with Gasteiger partial charge < -0.3 is 15.4 Å². The van der Waals surface area contributed by atoms with Crippen molar-refractivity contribution < 1.29 is 9.53 Å². The highest BCUT2D eigenvalue weighted by atomic mass is 16.5. The SMILES string of the molecule is COCC(NC(=O)[C@@H]1CCCNC1)C(C)C. The lowest BCUT2D eigenvalue weighted by Crippen LogP contribution is -2.47. The number of hydrogen-bond donors (Lipinski definition) is 2. The molecular weight excluding hydrogens is 204 g/mol. The van der Waals surface area contributed by atoms with Crippen LogP contribution in [-0.2, 0) is 9.53 Å². The Kier molecular flexibility index (Phi) is 5.77. The maximum Gasteiger partial charge on any atom is 0.224 e. The Balaban J connectivity index is 2.40. The number of carbonyl (C=O) groups excluding carboxylic acids is 1. The predicted octanol–water partition coefficient (Wildman–Crippen LogP) is 0.773. The van der Waals surface area contributed by atoms with E-state index in [9.17, 15) is 4.79 Å². The Morgan fingerprint density at radius 1 is 1.56 bits per heavy atom. The second kappa shape index (κ2) is 6.86. The van der Waals surface area contributed by atoms with Gasteiger partial charge in [0.05, 0.1) is 18.6 Å². The standard InChI is InChI=1S/C12H24N2O2/c1-9(2)11(8-16-3)14-12(15)10-5-4-6-13-7-10/h9-11,13H,4-8H2,1-3H3,(H,14,15)/t10-,11?/m1/s1. The van der Waals surface area contributed by atoms with Gasteiger partial charge in [-0.1, -0.05) is 13.8 Å². The first kappa shape index (κ1) is 13.5. The van der Waals surface area contributed by atoms with E-state index >= 15 is 0 Å². The zero-order valence-electron chi connectivity index (χ0n) is 10.6. The molecule has 1 saturated heterocycles. The fourth-order valence-corrected chi connectivity index (χ4v) is 1.96. The fourth-order valence-electron chi connectivity index (χ4n) is 1.96. The number of rotatable bonds is 5. The molecule has 0 saturated carbocycles. The molecule has 16 heavy (non-hydrogen) atoms. The second-order valence-corrected chi connectivity index (χ2v) is 4.86. The van der Waals surface area contributed by atoms with E-state index in [1.165, 1.54) is 0 Å². The third-order valence-corrected chi connectivity index (χ3v) is 3.15. The Bertz CT molecular complexity index is 213. The van der Waals surface area contributed by atoms with Crippen molar-refractivity contribution in [1.82, 2.24) is 10.6 Å². The molecule has 2 N–H and O–H groups in total. The highest BCUT2D eigenvalue weighted by molar-refractivity contribution is 5.79. The third-order valence-electron chi connectivity index (χ3n) is 3.15. The number of amides is 1. The summed E-state index contributed by atoms with van der Waals surface area (Å²) in [4.78, 5) is 12.0. The summed E-state index contributed by atoms with van der Waals surface area (Å²) in [5.74, 6) is 0.704. The molecule has 4 nitrogen and oxygen atoms in total. The average molecular weight is 228 g/mol. The molecule has 1 rings (SSSR count). The fraction of sp³-hybridized carbons (Fsp3) is 0.917. The predicted molar refractivity (Wildman–Crippen MR) is 64.2 cm³/mol. The van der Waals surface area contributed by atoms with E-state index in [0.717, 1.165) is 25.9 Å². The van der Waals surface area contributed by atoms with Crippen molar-refractivity contribution in [3.8, 4) is 0 Å². The molecular formula is C12H24N2O2. The number of carbonyl (C=O) groups is 1. The first-order chi connectivity index (χ1) is 7.65. The highest BCUT2D eigenvalue weighted by Gasteiger charge is 2.24. The van der Waals surface area contributed by atoms with Crippen molar-refractivity contribution in [3.63, 3.8) is 0 Å². The number of piperidine rings is 1. The van der Waals surface area contributed by atoms with Crippen LogP contribution in [0.2, 0.25) is 0 Å². The molecule has 0 aromatic carbocycles. The molecule has 0 radical (unpaired) electrons. The van der Waals surface area contributed by atoms with Gasteiger partial charge >= 0.3 is 0 Å². The van der Waals surface area contributed by atoms with Crippen LogP contribution in [0.1, 0.15) is 26.7 Å². The Labute approximate surface area is 98.1 Å². The summed E-state index contributed by atoms with van der Waals surface area (Å²) in [5.41, 5.74) is 0. The van der Waals surface area contributed by atoms with Gasteiger partial charge in [-0.3, -0.25) is 4.79 Å². The zero-order valence-corrected chi connectivity index (χ0v) is 10.6. The maximum absolute atomic E-state index is 12.0. The molecule has 0 aliphatic carbocycles. The van der Waals surface area contributed by atoms with E-state index in [1.54, 1.807) is 7.11 Å². The maximum atomic E-state index is 12.0. The van der Waals surface area contributed by atoms with Gasteiger partial charge in [-0.15, -0.1) is 0 Å². The van der Waals surface area contributed by atoms with Crippen molar-refractivity contribution in [2.24, 2.45) is 11.8 Å². The lowest BCUT2D eigenvalue weighted by atomic mass is 9.97. The quantitative estimate of drug-likeness (QED) is 0.731. The Hall–Kier alpha value is -0.610. The van der Waals surface area contributed by atoms with E-state index in [0.29, 0.717) is 12.5 Å². The number of nitrogens with one attached hydrogen (secondary N) is 2. The molecule has 0 aromatic rings. The molecule has 1 amide bonds. The van der Waals surface area contributed by atoms with E-state index in [2.05, 4.69) is 24.5 Å². The number of ether oxygens (including phenoxy) is 1. The first-order valence-corrected chi connectivity index (χ1v) is 6.15. The Morgan fingerprint density at radius 2 is 2.31 bits per heavy atom. The van der Waals surface area contributed by atoms with Crippen molar-refractivity contribution in [2.75, 3.05) is 26.8 Å². The lowest BCUT2D eigenvalue weighted by molar-refractivity contribution is -0.127. The van der Waals surface area contributed by atoms with Crippen molar-refractivity contribution in [1.29, 1.82) is 0 Å². The molecule has 1 unspecified atom stereocenters. The molecule has 1 aliphatic heterocycles. The normalized spacial score (nSPS) is 23.1. The molecule has 0 spiro atoms. The summed E-state index contributed by atoms with van der Waals surface area (Å²) >= 11 is 0. The zero-order chi connectivity index (χ0) is 12.0. The molecule has 0 bridgehead atoms. The van der Waals surface area contributed by atoms with Crippen LogP contribution in [0, 0.1) is 11.8 Å². The molecule has 4 heteroatoms. The van der Waals surface area contributed by atoms with Crippen LogP contribution in [0.4, 0.5) is 0 Å². The van der Waals surface area contributed by atoms with Crippen molar-refractivity contribution in [3.05, 3.63) is 0 Å². The second-order valence-electron chi connectivity index (χ2n) is 4.86. The van der Waals surface area contributed by atoms with Crippen LogP contribution in [0.25, 0.3) is 0 Å². The van der Waals surface area contributed by atoms with Gasteiger partial charge in [0.15, 0.2) is 0 Å². The molecule has 0 aromatic heterocycles. The van der Waals surface area contributed by atoms with Gasteiger partial charge in [-0.2, -0.15) is 0 Å². The molecule has 1 aliphatic rings. The van der Waals surface area contributed by atoms with E-state index < -0.39 is 0 Å². The summed E-state index contributed by atoms with van der Waals surface area (Å²) in [6, 6.07) is 0.124. The third kappa shape index (κ3) is 4.10. The van der Waals surface area contributed by atoms with Gasteiger partial charge in [-0.25, -0.2) is 0 Å². The first-order valence-electron chi connectivity index (χ1n) is 6.15. The van der Waals surface area contributed by atoms with Crippen LogP contribution >= 0.6 is 0 Å². The highest BCUT2D eigenvalue weighted by Crippen LogP contribution is 2.11. The van der Waals surface area contributed by atoms with Crippen LogP contribution in [-0.4, -0.2) is 38.8 Å². The van der Waals surface area contributed by atoms with Crippen LogP contribution in [0.3, 0.4) is 0 Å². The average Bonchev–Trinajstić information content (AvgIpc) is 2.29. The van der Waals surface area contributed by atoms with E-state index in [1.807, 2.05) is 0 Å². The molecule has 2 atom stereocenters. The Morgan fingerprint density at radius 3 is 2.81 bits per heavy atom. The van der Waals surface area contributed by atoms with Gasteiger partial charge in [0, 0.05) is 13.7 Å². The van der Waals surface area contributed by atoms with Crippen LogP contribution in [0.5, 0.6) is 0 Å². The van der Waals surface area contributed by atoms with Gasteiger partial charge in [0.1, 0.15) is 0 Å². The molecule has 1 fully saturated rings. The summed E-state index contributed by atoms with van der Waals surface area (Å²) in [5, 5.41) is 6.34. The summed E-state index contributed by atoms with van der Waals surface area (Å²) in [7, 11) is 1.67. The van der Waals surface area contributed by atoms with Crippen LogP contribution < -0.4 is 10.6 Å². The van der Waals surface area contributed by atoms with E-state index in [-0.39, 0.29) is 17.9 Å². The minimum Gasteiger partial charge on any atom is -0.383 e. The monoisotopic (exact) mass is 228 g/mol. The smallest absolute Gasteiger partial charge is 0.224 e. The van der Waals surface area contributed by atoms with Crippen molar-refractivity contribution in [2.45, 2.75) is 32.7 Å². The topological polar surface area (TPSA) is 50.4 Å². The number of methoxy groups -OCH3 is 1. The number of hydrogen-bond acceptors (Lipinski definition) is 3. The minimum absolute atomic E-state index is 0.124. The summed E-state index contributed by atoms with van der Waals surface area (Å²) in [6.07, 6.45) is 2.09. The van der Waals surface area contributed by atoms with Gasteiger partial charge in [0.2, 0.25) is 5.91 Å². The summed E-state index contributed by atoms with van der Waals surface area (Å²) < 4.78 is 5.12. The van der Waals surface area contributed by atoms with Gasteiger partial charge in [0.25, 0.3) is 0 Å². The molecule has 94 valence electrons. The minimum atomic E-state index is 0.124.